The van der Waals surface area contributed by atoms with Gasteiger partial charge in [-0.2, -0.15) is 5.26 Å². The van der Waals surface area contributed by atoms with Gasteiger partial charge in [-0.1, -0.05) is 6.07 Å². The summed E-state index contributed by atoms with van der Waals surface area (Å²) in [6.07, 6.45) is 0. The first-order valence-electron chi connectivity index (χ1n) is 8.28. The molecule has 1 saturated heterocycles. The second kappa shape index (κ2) is 7.80. The van der Waals surface area contributed by atoms with E-state index in [1.807, 2.05) is 11.0 Å². The Balaban J connectivity index is 1.83. The van der Waals surface area contributed by atoms with Crippen molar-refractivity contribution in [1.82, 2.24) is 9.55 Å². The van der Waals surface area contributed by atoms with Gasteiger partial charge in [0.25, 0.3) is 5.56 Å². The van der Waals surface area contributed by atoms with Crippen LogP contribution >= 0.6 is 0 Å². The molecule has 1 amide bonds. The number of morpholine rings is 1. The zero-order chi connectivity index (χ0) is 18.5. The standard InChI is InChI=1S/C18H19N5O3/c1-13-9-17(25)23(18(20-13)22-5-7-26-8-6-22)12-16(24)21-15-4-2-3-14(10-15)11-19/h2-4,9-10H,5-8,12H2,1H3,(H,21,24). The summed E-state index contributed by atoms with van der Waals surface area (Å²) in [5.41, 5.74) is 1.29. The van der Waals surface area contributed by atoms with Gasteiger partial charge in [0.2, 0.25) is 11.9 Å². The van der Waals surface area contributed by atoms with Crippen molar-refractivity contribution in [2.75, 3.05) is 36.5 Å². The van der Waals surface area contributed by atoms with E-state index in [0.717, 1.165) is 0 Å². The molecule has 0 saturated carbocycles. The predicted octanol–water partition coefficient (Wildman–Crippen LogP) is 0.899. The molecule has 1 aliphatic rings. The van der Waals surface area contributed by atoms with Crippen molar-refractivity contribution >= 4 is 17.5 Å². The fourth-order valence-corrected chi connectivity index (χ4v) is 2.77. The van der Waals surface area contributed by atoms with Crippen molar-refractivity contribution in [3.63, 3.8) is 0 Å². The van der Waals surface area contributed by atoms with Crippen molar-refractivity contribution < 1.29 is 9.53 Å². The highest BCUT2D eigenvalue weighted by Crippen LogP contribution is 2.13. The van der Waals surface area contributed by atoms with E-state index in [0.29, 0.717) is 49.2 Å². The Morgan fingerprint density at radius 1 is 1.35 bits per heavy atom. The lowest BCUT2D eigenvalue weighted by Gasteiger charge is -2.29. The van der Waals surface area contributed by atoms with Gasteiger partial charge in [-0.05, 0) is 25.1 Å². The van der Waals surface area contributed by atoms with Crippen LogP contribution in [0.25, 0.3) is 0 Å². The van der Waals surface area contributed by atoms with Crippen LogP contribution in [0.3, 0.4) is 0 Å². The second-order valence-corrected chi connectivity index (χ2v) is 5.96. The van der Waals surface area contributed by atoms with E-state index < -0.39 is 0 Å². The van der Waals surface area contributed by atoms with Crippen molar-refractivity contribution in [2.24, 2.45) is 0 Å². The maximum absolute atomic E-state index is 12.4. The smallest absolute Gasteiger partial charge is 0.255 e. The Kier molecular flexibility index (Phi) is 5.29. The maximum Gasteiger partial charge on any atom is 0.255 e. The Bertz CT molecular complexity index is 910. The van der Waals surface area contributed by atoms with E-state index in [2.05, 4.69) is 10.3 Å². The second-order valence-electron chi connectivity index (χ2n) is 5.96. The molecule has 1 aromatic carbocycles. The molecule has 0 spiro atoms. The minimum Gasteiger partial charge on any atom is -0.378 e. The minimum absolute atomic E-state index is 0.157. The van der Waals surface area contributed by atoms with Crippen LogP contribution in [0.1, 0.15) is 11.3 Å². The van der Waals surface area contributed by atoms with Gasteiger partial charge in [-0.25, -0.2) is 4.98 Å². The number of carbonyl (C=O) groups is 1. The number of aromatic nitrogens is 2. The molecule has 1 fully saturated rings. The highest BCUT2D eigenvalue weighted by Gasteiger charge is 2.19. The van der Waals surface area contributed by atoms with E-state index in [1.165, 1.54) is 10.6 Å². The molecule has 0 unspecified atom stereocenters. The summed E-state index contributed by atoms with van der Waals surface area (Å²) >= 11 is 0. The molecule has 1 aromatic heterocycles. The van der Waals surface area contributed by atoms with Crippen LogP contribution in [0.4, 0.5) is 11.6 Å². The van der Waals surface area contributed by atoms with Crippen LogP contribution in [-0.2, 0) is 16.1 Å². The topological polar surface area (TPSA) is 100 Å². The van der Waals surface area contributed by atoms with Crippen LogP contribution < -0.4 is 15.8 Å². The molecule has 0 aliphatic carbocycles. The number of nitriles is 1. The molecule has 1 N–H and O–H groups in total. The Hall–Kier alpha value is -3.18. The quantitative estimate of drug-likeness (QED) is 0.876. The lowest BCUT2D eigenvalue weighted by Crippen LogP contribution is -2.41. The number of nitrogens with one attached hydrogen (secondary N) is 1. The van der Waals surface area contributed by atoms with Crippen LogP contribution in [0, 0.1) is 18.3 Å². The molecule has 8 nitrogen and oxygen atoms in total. The lowest BCUT2D eigenvalue weighted by molar-refractivity contribution is -0.116. The SMILES string of the molecule is Cc1cc(=O)n(CC(=O)Nc2cccc(C#N)c2)c(N2CCOCC2)n1. The fraction of sp³-hybridized carbons (Fsp3) is 0.333. The van der Waals surface area contributed by atoms with Crippen LogP contribution in [-0.4, -0.2) is 41.8 Å². The summed E-state index contributed by atoms with van der Waals surface area (Å²) < 4.78 is 6.70. The van der Waals surface area contributed by atoms with Crippen molar-refractivity contribution in [3.05, 3.63) is 51.9 Å². The number of hydrogen-bond donors (Lipinski definition) is 1. The number of benzene rings is 1. The average molecular weight is 353 g/mol. The largest absolute Gasteiger partial charge is 0.378 e. The molecule has 0 radical (unpaired) electrons. The van der Waals surface area contributed by atoms with E-state index in [4.69, 9.17) is 10.00 Å². The third kappa shape index (κ3) is 4.07. The molecular formula is C18H19N5O3. The number of rotatable bonds is 4. The summed E-state index contributed by atoms with van der Waals surface area (Å²) in [4.78, 5) is 31.3. The van der Waals surface area contributed by atoms with Gasteiger partial charge < -0.3 is 15.0 Å². The summed E-state index contributed by atoms with van der Waals surface area (Å²) in [6.45, 7) is 3.93. The molecule has 2 heterocycles. The summed E-state index contributed by atoms with van der Waals surface area (Å²) in [7, 11) is 0. The first-order chi connectivity index (χ1) is 12.6. The first kappa shape index (κ1) is 17.6. The maximum atomic E-state index is 12.4. The Morgan fingerprint density at radius 3 is 2.85 bits per heavy atom. The van der Waals surface area contributed by atoms with E-state index in [9.17, 15) is 9.59 Å². The molecule has 0 atom stereocenters. The highest BCUT2D eigenvalue weighted by molar-refractivity contribution is 5.90. The van der Waals surface area contributed by atoms with E-state index in [1.54, 1.807) is 31.2 Å². The fourth-order valence-electron chi connectivity index (χ4n) is 2.77. The molecule has 0 bridgehead atoms. The summed E-state index contributed by atoms with van der Waals surface area (Å²) in [6, 6.07) is 10.0. The van der Waals surface area contributed by atoms with Crippen molar-refractivity contribution in [2.45, 2.75) is 13.5 Å². The van der Waals surface area contributed by atoms with Gasteiger partial charge in [0, 0.05) is 30.5 Å². The number of carbonyl (C=O) groups excluding carboxylic acids is 1. The van der Waals surface area contributed by atoms with Crippen molar-refractivity contribution in [1.29, 1.82) is 5.26 Å². The number of anilines is 2. The first-order valence-corrected chi connectivity index (χ1v) is 8.28. The third-order valence-electron chi connectivity index (χ3n) is 3.99. The van der Waals surface area contributed by atoms with Gasteiger partial charge in [-0.15, -0.1) is 0 Å². The average Bonchev–Trinajstić information content (AvgIpc) is 2.64. The zero-order valence-electron chi connectivity index (χ0n) is 14.4. The summed E-state index contributed by atoms with van der Waals surface area (Å²) in [5.74, 6) is 0.113. The number of aryl methyl sites for hydroxylation is 1. The van der Waals surface area contributed by atoms with Gasteiger partial charge in [-0.3, -0.25) is 14.2 Å². The van der Waals surface area contributed by atoms with E-state index in [-0.39, 0.29) is 18.0 Å². The van der Waals surface area contributed by atoms with Crippen LogP contribution in [0.15, 0.2) is 35.1 Å². The predicted molar refractivity (Wildman–Crippen MR) is 96.1 cm³/mol. The third-order valence-corrected chi connectivity index (χ3v) is 3.99. The summed E-state index contributed by atoms with van der Waals surface area (Å²) in [5, 5.41) is 11.7. The molecule has 3 rings (SSSR count). The number of ether oxygens (including phenoxy) is 1. The van der Waals surface area contributed by atoms with E-state index >= 15 is 0 Å². The monoisotopic (exact) mass is 353 g/mol. The molecule has 26 heavy (non-hydrogen) atoms. The number of amides is 1. The van der Waals surface area contributed by atoms with Gasteiger partial charge in [0.15, 0.2) is 0 Å². The zero-order valence-corrected chi connectivity index (χ0v) is 14.4. The Morgan fingerprint density at radius 2 is 2.12 bits per heavy atom. The van der Waals surface area contributed by atoms with Crippen molar-refractivity contribution in [3.8, 4) is 6.07 Å². The van der Waals surface area contributed by atoms with Crippen LogP contribution in [0.2, 0.25) is 0 Å². The van der Waals surface area contributed by atoms with Crippen LogP contribution in [0.5, 0.6) is 0 Å². The minimum atomic E-state index is -0.359. The molecule has 134 valence electrons. The molecule has 1 aliphatic heterocycles. The highest BCUT2D eigenvalue weighted by atomic mass is 16.5. The van der Waals surface area contributed by atoms with Gasteiger partial charge >= 0.3 is 0 Å². The molecular weight excluding hydrogens is 334 g/mol. The molecule has 8 heteroatoms. The number of hydrogen-bond acceptors (Lipinski definition) is 6. The molecule has 2 aromatic rings. The normalized spacial score (nSPS) is 13.9. The van der Waals surface area contributed by atoms with Gasteiger partial charge in [0.05, 0.1) is 24.8 Å². The lowest BCUT2D eigenvalue weighted by atomic mass is 10.2. The number of nitrogens with zero attached hydrogens (tertiary/aromatic N) is 4. The van der Waals surface area contributed by atoms with Gasteiger partial charge in [0.1, 0.15) is 6.54 Å². The Labute approximate surface area is 150 Å².